The maximum Gasteiger partial charge on any atom is 0.0957 e. The lowest BCUT2D eigenvalue weighted by Gasteiger charge is -2.79. The van der Waals surface area contributed by atoms with E-state index >= 15 is 0 Å². The summed E-state index contributed by atoms with van der Waals surface area (Å²) in [5, 5.41) is 2.06. The van der Waals surface area contributed by atoms with Gasteiger partial charge >= 0.3 is 0 Å². The van der Waals surface area contributed by atoms with Gasteiger partial charge in [0.2, 0.25) is 0 Å². The minimum Gasteiger partial charge on any atom is -0.264 e. The van der Waals surface area contributed by atoms with Crippen molar-refractivity contribution in [2.24, 2.45) is 4.99 Å². The van der Waals surface area contributed by atoms with Crippen molar-refractivity contribution >= 4 is 62.0 Å². The molecule has 0 amide bonds. The van der Waals surface area contributed by atoms with Gasteiger partial charge in [0, 0.05) is 7.41 Å². The molecule has 1 aliphatic rings. The van der Waals surface area contributed by atoms with E-state index in [4.69, 9.17) is 4.99 Å². The van der Waals surface area contributed by atoms with Crippen molar-refractivity contribution in [1.29, 1.82) is 0 Å². The molecule has 1 aromatic carbocycles. The summed E-state index contributed by atoms with van der Waals surface area (Å²) in [7, 11) is -9.88. The highest BCUT2D eigenvalue weighted by molar-refractivity contribution is 8.16. The first kappa shape index (κ1) is 49.6. The van der Waals surface area contributed by atoms with Gasteiger partial charge in [-0.1, -0.05) is 211 Å². The van der Waals surface area contributed by atoms with Crippen LogP contribution in [0.15, 0.2) is 23.2 Å². The van der Waals surface area contributed by atoms with Gasteiger partial charge in [0.1, 0.15) is 0 Å². The number of aliphatic imine (C=N–C) groups is 1. The van der Waals surface area contributed by atoms with E-state index in [1.807, 2.05) is 4.96 Å². The first-order valence-electron chi connectivity index (χ1n) is 21.2. The number of aryl methyl sites for hydroxylation is 2. The molecule has 0 aromatic heterocycles. The molecule has 1 aliphatic heterocycles. The number of hydrogen-bond donors (Lipinski definition) is 0. The Labute approximate surface area is 340 Å². The van der Waals surface area contributed by atoms with Crippen molar-refractivity contribution < 1.29 is 0 Å². The summed E-state index contributed by atoms with van der Waals surface area (Å²) in [6, 6.07) is 7.02. The van der Waals surface area contributed by atoms with E-state index in [1.54, 1.807) is 0 Å². The van der Waals surface area contributed by atoms with E-state index in [0.29, 0.717) is 10.1 Å². The normalized spacial score (nSPS) is 18.9. The molecule has 0 atom stereocenters. The van der Waals surface area contributed by atoms with Crippen molar-refractivity contribution in [3.63, 3.8) is 0 Å². The van der Waals surface area contributed by atoms with Crippen molar-refractivity contribution in [3.05, 3.63) is 29.3 Å². The fraction of sp³-hybridized carbons (Fsp3) is 0.844. The van der Waals surface area contributed by atoms with Crippen molar-refractivity contribution in [1.82, 2.24) is 0 Å². The Hall–Kier alpha value is 0.408. The van der Waals surface area contributed by atoms with Gasteiger partial charge in [0.25, 0.3) is 0 Å². The summed E-state index contributed by atoms with van der Waals surface area (Å²) in [6.07, 6.45) is 0. The number of rotatable bonds is 5. The van der Waals surface area contributed by atoms with Crippen LogP contribution in [-0.4, -0.2) is 56.3 Å². The van der Waals surface area contributed by atoms with Crippen molar-refractivity contribution in [2.75, 3.05) is 0 Å². The zero-order chi connectivity index (χ0) is 42.8. The molecule has 0 bridgehead atoms. The molecule has 0 saturated heterocycles. The molecule has 1 heterocycles. The van der Waals surface area contributed by atoms with Crippen LogP contribution in [0, 0.1) is 13.8 Å². The van der Waals surface area contributed by atoms with E-state index < -0.39 is 51.3 Å². The molecule has 0 N–H and O–H groups in total. The van der Waals surface area contributed by atoms with Crippen LogP contribution in [0.5, 0.6) is 0 Å². The Morgan fingerprint density at radius 2 is 0.698 bits per heavy atom. The molecule has 306 valence electrons. The molecule has 0 radical (unpaired) electrons. The van der Waals surface area contributed by atoms with Gasteiger partial charge in [-0.2, -0.15) is 0 Å². The summed E-state index contributed by atoms with van der Waals surface area (Å²) in [5.41, 5.74) is 4.11. The lowest BCUT2D eigenvalue weighted by molar-refractivity contribution is 0.624. The minimum atomic E-state index is -2.49. The highest BCUT2D eigenvalue weighted by Crippen LogP contribution is 2.70. The summed E-state index contributed by atoms with van der Waals surface area (Å²) in [5.74, 6) is 0. The summed E-state index contributed by atoms with van der Waals surface area (Å²) in [6.45, 7) is 79.0. The molecule has 1 nitrogen and oxygen atoms in total. The fourth-order valence-electron chi connectivity index (χ4n) is 12.6. The van der Waals surface area contributed by atoms with E-state index in [0.717, 1.165) is 0 Å². The molecule has 1 aromatic rings. The number of para-hydroxylation sites is 1. The Morgan fingerprint density at radius 1 is 0.434 bits per heavy atom. The Kier molecular flexibility index (Phi) is 12.8. The van der Waals surface area contributed by atoms with Gasteiger partial charge in [0.15, 0.2) is 0 Å². The molecule has 53 heavy (non-hydrogen) atoms. The summed E-state index contributed by atoms with van der Waals surface area (Å²) < 4.78 is 0. The smallest absolute Gasteiger partial charge is 0.0957 e. The predicted molar refractivity (Wildman–Crippen MR) is 264 cm³/mol. The molecule has 0 fully saturated rings. The van der Waals surface area contributed by atoms with Crippen LogP contribution in [0.2, 0.25) is 66.5 Å². The highest BCUT2D eigenvalue weighted by atomic mass is 30.1. The maximum atomic E-state index is 6.68. The average molecular weight is 845 g/mol. The molecule has 0 unspecified atom stereocenters. The summed E-state index contributed by atoms with van der Waals surface area (Å²) >= 11 is 0. The zero-order valence-corrected chi connectivity index (χ0v) is 48.7. The van der Waals surface area contributed by atoms with Crippen LogP contribution in [0.1, 0.15) is 177 Å². The van der Waals surface area contributed by atoms with Gasteiger partial charge in [0.05, 0.1) is 42.7 Å². The van der Waals surface area contributed by atoms with Crippen molar-refractivity contribution in [2.45, 2.75) is 247 Å². The molecule has 0 aliphatic carbocycles. The topological polar surface area (TPSA) is 12.4 Å². The first-order valence-corrected chi connectivity index (χ1v) is 42.2. The third-order valence-corrected chi connectivity index (χ3v) is 158. The quantitative estimate of drug-likeness (QED) is 0.262. The van der Waals surface area contributed by atoms with Crippen LogP contribution >= 0.6 is 0 Å². The average Bonchev–Trinajstić information content (AvgIpc) is 2.86. The van der Waals surface area contributed by atoms with Crippen LogP contribution in [0.25, 0.3) is 0 Å². The number of benzene rings is 1. The van der Waals surface area contributed by atoms with Gasteiger partial charge < -0.3 is 0 Å². The van der Waals surface area contributed by atoms with Crippen LogP contribution in [-0.2, 0) is 0 Å². The second-order valence-corrected chi connectivity index (χ2v) is 88.9. The molecule has 8 heteroatoms. The SMILES string of the molecule is Cc1cccc(C)c1N=C1[Si]([Si](C)(C(C)(C)C)C(C)(C)C)=[Si]([Si](C)(C(C)(C)C)C(C)(C)C)[Si]1([Si](C)(C(C)(C)C)C(C)(C)C)[Si](C)(C(C)(C)C)C(C)(C)C. The first-order chi connectivity index (χ1) is 22.8. The second-order valence-electron chi connectivity index (χ2n) is 26.7. The third kappa shape index (κ3) is 6.75. The monoisotopic (exact) mass is 844 g/mol. The van der Waals surface area contributed by atoms with Gasteiger partial charge in [-0.25, -0.2) is 0 Å². The minimum absolute atomic E-state index is 0.236. The Balaban J connectivity index is 4.18. The predicted octanol–water partition coefficient (Wildman–Crippen LogP) is 16.1. The van der Waals surface area contributed by atoms with Gasteiger partial charge in [-0.15, -0.1) is 0 Å². The van der Waals surface area contributed by atoms with Gasteiger partial charge in [-0.05, 0) is 77.2 Å². The molecule has 2 rings (SSSR count). The lowest BCUT2D eigenvalue weighted by Crippen LogP contribution is -3.03. The Bertz CT molecular complexity index is 1490. The third-order valence-electron chi connectivity index (χ3n) is 17.4. The second kappa shape index (κ2) is 13.7. The van der Waals surface area contributed by atoms with E-state index in [1.165, 1.54) is 16.8 Å². The van der Waals surface area contributed by atoms with Crippen molar-refractivity contribution in [3.8, 4) is 0 Å². The zero-order valence-electron chi connectivity index (χ0n) is 41.7. The fourth-order valence-corrected chi connectivity index (χ4v) is 267. The maximum absolute atomic E-state index is 6.68. The highest BCUT2D eigenvalue weighted by Gasteiger charge is 2.85. The molecule has 0 spiro atoms. The number of nitrogens with zero attached hydrogens (tertiary/aromatic N) is 1. The van der Waals surface area contributed by atoms with E-state index in [9.17, 15) is 0 Å². The van der Waals surface area contributed by atoms with E-state index in [-0.39, 0.29) is 30.2 Å². The standard InChI is InChI=1S/C45H93NSi7/c1-34-32-31-33-35(2)36(34)46-37-47(49(27,38(3,4)5)39(6,7)8)48(50(28,40(9,10)11)41(12,13)14)53(37,51(29,42(15,16)17)43(18,19)20)52(30,44(21,22)23)45(24,25)26/h31-33H,1-30H3. The van der Waals surface area contributed by atoms with Crippen LogP contribution in [0.3, 0.4) is 0 Å². The van der Waals surface area contributed by atoms with Gasteiger partial charge in [-0.3, -0.25) is 4.99 Å². The number of hydrogen-bond acceptors (Lipinski definition) is 1. The largest absolute Gasteiger partial charge is 0.264 e. The molecular weight excluding hydrogens is 751 g/mol. The van der Waals surface area contributed by atoms with Crippen LogP contribution in [0.4, 0.5) is 5.69 Å². The molecule has 0 saturated carbocycles. The summed E-state index contributed by atoms with van der Waals surface area (Å²) in [4.78, 5) is 8.67. The molecular formula is C45H93NSi7. The Morgan fingerprint density at radius 3 is 0.925 bits per heavy atom. The van der Waals surface area contributed by atoms with Crippen LogP contribution < -0.4 is 0 Å². The lowest BCUT2D eigenvalue weighted by atomic mass is 10.1. The van der Waals surface area contributed by atoms with E-state index in [2.05, 4.69) is 224 Å².